The highest BCUT2D eigenvalue weighted by Crippen LogP contribution is 2.08. The molecule has 3 nitrogen and oxygen atoms in total. The molecule has 0 aliphatic heterocycles. The van der Waals surface area contributed by atoms with Crippen LogP contribution in [0.2, 0.25) is 0 Å². The summed E-state index contributed by atoms with van der Waals surface area (Å²) < 4.78 is 0. The summed E-state index contributed by atoms with van der Waals surface area (Å²) in [4.78, 5) is 23.1. The van der Waals surface area contributed by atoms with E-state index in [4.69, 9.17) is 0 Å². The van der Waals surface area contributed by atoms with Crippen LogP contribution in [0.3, 0.4) is 0 Å². The van der Waals surface area contributed by atoms with E-state index in [-0.39, 0.29) is 17.6 Å². The third-order valence-corrected chi connectivity index (χ3v) is 2.57. The zero-order valence-electron chi connectivity index (χ0n) is 10.6. The van der Waals surface area contributed by atoms with Gasteiger partial charge in [0.2, 0.25) is 5.91 Å². The van der Waals surface area contributed by atoms with Gasteiger partial charge in [0.1, 0.15) is 0 Å². The van der Waals surface area contributed by atoms with Gasteiger partial charge in [-0.2, -0.15) is 0 Å². The molecule has 1 rings (SSSR count). The summed E-state index contributed by atoms with van der Waals surface area (Å²) in [7, 11) is 0. The summed E-state index contributed by atoms with van der Waals surface area (Å²) in [5.74, 6) is -0.167. The van der Waals surface area contributed by atoms with Crippen molar-refractivity contribution in [3.63, 3.8) is 0 Å². The van der Waals surface area contributed by atoms with E-state index in [0.717, 1.165) is 5.56 Å². The van der Waals surface area contributed by atoms with Crippen molar-refractivity contribution in [3.05, 3.63) is 35.9 Å². The molecular formula is C14H19NO2. The molecule has 0 aliphatic carbocycles. The molecule has 1 aromatic carbocycles. The number of hydrogen-bond acceptors (Lipinski definition) is 2. The Kier molecular flexibility index (Phi) is 4.88. The van der Waals surface area contributed by atoms with Crippen LogP contribution in [0.15, 0.2) is 30.3 Å². The minimum Gasteiger partial charge on any atom is -0.346 e. The van der Waals surface area contributed by atoms with Gasteiger partial charge in [-0.3, -0.25) is 9.59 Å². The van der Waals surface area contributed by atoms with Crippen LogP contribution in [0, 0.1) is 5.92 Å². The number of carbonyl (C=O) groups is 2. The topological polar surface area (TPSA) is 46.2 Å². The normalized spacial score (nSPS) is 12.2. The molecule has 0 saturated carbocycles. The van der Waals surface area contributed by atoms with E-state index in [9.17, 15) is 9.59 Å². The Balaban J connectivity index is 2.77. The van der Waals surface area contributed by atoms with Crippen LogP contribution < -0.4 is 5.32 Å². The lowest BCUT2D eigenvalue weighted by Crippen LogP contribution is -2.43. The minimum absolute atomic E-state index is 0.0732. The van der Waals surface area contributed by atoms with Gasteiger partial charge in [0.05, 0.1) is 6.04 Å². The fraction of sp³-hybridized carbons (Fsp3) is 0.429. The second kappa shape index (κ2) is 6.18. The van der Waals surface area contributed by atoms with Gasteiger partial charge in [0.25, 0.3) is 0 Å². The standard InChI is InChI=1S/C14H19NO2/c1-10(2)14(17)13(15-11(3)16)9-12-7-5-4-6-8-12/h4-8,10,13H,9H2,1-3H3,(H,15,16)/t13-/m0/s1. The molecule has 0 bridgehead atoms. The first kappa shape index (κ1) is 13.4. The van der Waals surface area contributed by atoms with Crippen molar-refractivity contribution >= 4 is 11.7 Å². The second-order valence-corrected chi connectivity index (χ2v) is 4.50. The number of amides is 1. The molecule has 0 fully saturated rings. The molecule has 0 radical (unpaired) electrons. The van der Waals surface area contributed by atoms with Crippen LogP contribution in [0.1, 0.15) is 26.3 Å². The van der Waals surface area contributed by atoms with Gasteiger partial charge in [-0.15, -0.1) is 0 Å². The molecule has 1 aromatic rings. The first-order valence-corrected chi connectivity index (χ1v) is 5.85. The fourth-order valence-corrected chi connectivity index (χ4v) is 1.72. The van der Waals surface area contributed by atoms with Gasteiger partial charge in [-0.1, -0.05) is 44.2 Å². The molecule has 17 heavy (non-hydrogen) atoms. The molecule has 0 aliphatic rings. The molecule has 3 heteroatoms. The Morgan fingerprint density at radius 3 is 2.24 bits per heavy atom. The zero-order valence-corrected chi connectivity index (χ0v) is 10.6. The Morgan fingerprint density at radius 1 is 1.18 bits per heavy atom. The predicted octanol–water partition coefficient (Wildman–Crippen LogP) is 1.96. The molecule has 1 N–H and O–H groups in total. The summed E-state index contributed by atoms with van der Waals surface area (Å²) in [5.41, 5.74) is 1.06. The van der Waals surface area contributed by atoms with Crippen molar-refractivity contribution in [3.8, 4) is 0 Å². The molecule has 0 aromatic heterocycles. The molecule has 1 amide bonds. The van der Waals surface area contributed by atoms with Crippen LogP contribution >= 0.6 is 0 Å². The van der Waals surface area contributed by atoms with E-state index < -0.39 is 6.04 Å². The van der Waals surface area contributed by atoms with E-state index in [2.05, 4.69) is 5.32 Å². The summed E-state index contributed by atoms with van der Waals surface area (Å²) in [6.07, 6.45) is 0.553. The van der Waals surface area contributed by atoms with Gasteiger partial charge < -0.3 is 5.32 Å². The van der Waals surface area contributed by atoms with Crippen molar-refractivity contribution in [1.82, 2.24) is 5.32 Å². The van der Waals surface area contributed by atoms with Gasteiger partial charge in [-0.05, 0) is 12.0 Å². The molecule has 0 unspecified atom stereocenters. The maximum absolute atomic E-state index is 12.0. The zero-order chi connectivity index (χ0) is 12.8. The van der Waals surface area contributed by atoms with E-state index in [1.807, 2.05) is 44.2 Å². The number of nitrogens with one attached hydrogen (secondary N) is 1. The first-order chi connectivity index (χ1) is 8.00. The van der Waals surface area contributed by atoms with E-state index >= 15 is 0 Å². The van der Waals surface area contributed by atoms with Crippen LogP contribution in [0.4, 0.5) is 0 Å². The lowest BCUT2D eigenvalue weighted by molar-refractivity contribution is -0.128. The average molecular weight is 233 g/mol. The molecule has 1 atom stereocenters. The van der Waals surface area contributed by atoms with Crippen molar-refractivity contribution in [2.45, 2.75) is 33.2 Å². The van der Waals surface area contributed by atoms with Crippen LogP contribution in [0.5, 0.6) is 0 Å². The highest BCUT2D eigenvalue weighted by atomic mass is 16.2. The van der Waals surface area contributed by atoms with Crippen molar-refractivity contribution in [1.29, 1.82) is 0 Å². The van der Waals surface area contributed by atoms with Crippen LogP contribution in [-0.4, -0.2) is 17.7 Å². The Bertz CT molecular complexity index is 384. The first-order valence-electron chi connectivity index (χ1n) is 5.85. The molecule has 0 spiro atoms. The highest BCUT2D eigenvalue weighted by molar-refractivity contribution is 5.89. The smallest absolute Gasteiger partial charge is 0.217 e. The van der Waals surface area contributed by atoms with Gasteiger partial charge >= 0.3 is 0 Å². The number of benzene rings is 1. The predicted molar refractivity (Wildman–Crippen MR) is 67.6 cm³/mol. The van der Waals surface area contributed by atoms with Gasteiger partial charge in [0.15, 0.2) is 5.78 Å². The third-order valence-electron chi connectivity index (χ3n) is 2.57. The minimum atomic E-state index is -0.421. The lowest BCUT2D eigenvalue weighted by Gasteiger charge is -2.18. The maximum atomic E-state index is 12.0. The monoisotopic (exact) mass is 233 g/mol. The van der Waals surface area contributed by atoms with Crippen molar-refractivity contribution in [2.24, 2.45) is 5.92 Å². The Morgan fingerprint density at radius 2 is 1.76 bits per heavy atom. The molecular weight excluding hydrogens is 214 g/mol. The molecule has 0 saturated heterocycles. The summed E-state index contributed by atoms with van der Waals surface area (Å²) >= 11 is 0. The highest BCUT2D eigenvalue weighted by Gasteiger charge is 2.22. The molecule has 92 valence electrons. The SMILES string of the molecule is CC(=O)N[C@@H](Cc1ccccc1)C(=O)C(C)C. The number of Topliss-reactive ketones (excluding diaryl/α,β-unsaturated/α-hetero) is 1. The number of carbonyl (C=O) groups excluding carboxylic acids is 2. The van der Waals surface area contributed by atoms with Crippen molar-refractivity contribution < 1.29 is 9.59 Å². The third kappa shape index (κ3) is 4.39. The quantitative estimate of drug-likeness (QED) is 0.845. The Hall–Kier alpha value is -1.64. The number of hydrogen-bond donors (Lipinski definition) is 1. The van der Waals surface area contributed by atoms with E-state index in [0.29, 0.717) is 6.42 Å². The second-order valence-electron chi connectivity index (χ2n) is 4.50. The fourth-order valence-electron chi connectivity index (χ4n) is 1.72. The summed E-state index contributed by atoms with van der Waals surface area (Å²) in [5, 5.41) is 2.72. The van der Waals surface area contributed by atoms with E-state index in [1.54, 1.807) is 0 Å². The number of rotatable bonds is 5. The average Bonchev–Trinajstić information content (AvgIpc) is 2.28. The van der Waals surface area contributed by atoms with Gasteiger partial charge in [-0.25, -0.2) is 0 Å². The lowest BCUT2D eigenvalue weighted by atomic mass is 9.96. The van der Waals surface area contributed by atoms with E-state index in [1.165, 1.54) is 6.92 Å². The number of ketones is 1. The van der Waals surface area contributed by atoms with Gasteiger partial charge in [0, 0.05) is 12.8 Å². The van der Waals surface area contributed by atoms with Crippen LogP contribution in [0.25, 0.3) is 0 Å². The summed E-state index contributed by atoms with van der Waals surface area (Å²) in [6, 6.07) is 9.29. The molecule has 0 heterocycles. The largest absolute Gasteiger partial charge is 0.346 e. The summed E-state index contributed by atoms with van der Waals surface area (Å²) in [6.45, 7) is 5.13. The van der Waals surface area contributed by atoms with Crippen molar-refractivity contribution in [2.75, 3.05) is 0 Å². The Labute approximate surface area is 102 Å². The van der Waals surface area contributed by atoms with Crippen LogP contribution in [-0.2, 0) is 16.0 Å². The maximum Gasteiger partial charge on any atom is 0.217 e.